The highest BCUT2D eigenvalue weighted by molar-refractivity contribution is 5.95. The third-order valence-corrected chi connectivity index (χ3v) is 3.10. The minimum atomic E-state index is -0.413. The minimum Gasteiger partial charge on any atom is -0.290 e. The van der Waals surface area contributed by atoms with Gasteiger partial charge in [-0.05, 0) is 11.6 Å². The molecule has 1 amide bonds. The van der Waals surface area contributed by atoms with Gasteiger partial charge in [0.15, 0.2) is 5.65 Å². The van der Waals surface area contributed by atoms with Gasteiger partial charge in [-0.25, -0.2) is 19.7 Å². The van der Waals surface area contributed by atoms with E-state index in [-0.39, 0.29) is 12.2 Å². The van der Waals surface area contributed by atoms with E-state index in [1.54, 1.807) is 30.5 Å². The summed E-state index contributed by atoms with van der Waals surface area (Å²) in [4.78, 5) is 27.8. The van der Waals surface area contributed by atoms with E-state index in [1.807, 2.05) is 0 Å². The first-order chi connectivity index (χ1) is 10.2. The average molecular weight is 284 g/mol. The van der Waals surface area contributed by atoms with Crippen LogP contribution in [0.15, 0.2) is 47.7 Å². The van der Waals surface area contributed by atoms with Crippen molar-refractivity contribution < 1.29 is 4.79 Å². The van der Waals surface area contributed by atoms with Gasteiger partial charge in [-0.3, -0.25) is 15.2 Å². The summed E-state index contributed by atoms with van der Waals surface area (Å²) < 4.78 is 2.66. The molecule has 3 rings (SSSR count). The van der Waals surface area contributed by atoms with Crippen molar-refractivity contribution in [3.05, 3.63) is 64.5 Å². The zero-order chi connectivity index (χ0) is 14.8. The molecule has 0 saturated heterocycles. The lowest BCUT2D eigenvalue weighted by molar-refractivity contribution is 0.0952. The Morgan fingerprint density at radius 2 is 2.14 bits per heavy atom. The van der Waals surface area contributed by atoms with Crippen LogP contribution in [0.5, 0.6) is 0 Å². The van der Waals surface area contributed by atoms with Gasteiger partial charge >= 0.3 is 5.69 Å². The Morgan fingerprint density at radius 1 is 1.33 bits per heavy atom. The molecule has 21 heavy (non-hydrogen) atoms. The second kappa shape index (κ2) is 5.17. The van der Waals surface area contributed by atoms with Crippen LogP contribution in [0.3, 0.4) is 0 Å². The number of rotatable bonds is 3. The molecule has 0 radical (unpaired) electrons. The molecule has 3 N–H and O–H groups in total. The van der Waals surface area contributed by atoms with Crippen LogP contribution >= 0.6 is 0 Å². The van der Waals surface area contributed by atoms with Crippen molar-refractivity contribution in [2.75, 3.05) is 0 Å². The molecule has 0 saturated carbocycles. The smallest absolute Gasteiger partial charge is 0.290 e. The van der Waals surface area contributed by atoms with Crippen molar-refractivity contribution in [3.63, 3.8) is 0 Å². The third kappa shape index (κ3) is 2.28. The molecule has 3 aromatic rings. The summed E-state index contributed by atoms with van der Waals surface area (Å²) in [5, 5.41) is 4.18. The highest BCUT2D eigenvalue weighted by Gasteiger charge is 2.12. The van der Waals surface area contributed by atoms with Gasteiger partial charge in [-0.1, -0.05) is 18.2 Å². The van der Waals surface area contributed by atoms with E-state index >= 15 is 0 Å². The largest absolute Gasteiger partial charge is 0.350 e. The molecule has 2 heterocycles. The summed E-state index contributed by atoms with van der Waals surface area (Å²) in [6.45, 7) is 0.171. The summed E-state index contributed by atoms with van der Waals surface area (Å²) in [5.41, 5.74) is 3.29. The number of nitrogen functional groups attached to an aromatic ring is 1. The van der Waals surface area contributed by atoms with Gasteiger partial charge in [0.05, 0.1) is 12.7 Å². The van der Waals surface area contributed by atoms with Gasteiger partial charge in [0.1, 0.15) is 0 Å². The predicted octanol–water partition coefficient (Wildman–Crippen LogP) is -0.457. The molecule has 0 aliphatic carbocycles. The summed E-state index contributed by atoms with van der Waals surface area (Å²) in [6.07, 6.45) is 4.55. The van der Waals surface area contributed by atoms with Crippen LogP contribution in [-0.2, 0) is 6.54 Å². The lowest BCUT2D eigenvalue weighted by atomic mass is 10.1. The van der Waals surface area contributed by atoms with Crippen molar-refractivity contribution >= 4 is 11.6 Å². The second-order valence-electron chi connectivity index (χ2n) is 4.38. The average Bonchev–Trinajstić information content (AvgIpc) is 2.84. The zero-order valence-corrected chi connectivity index (χ0v) is 10.9. The summed E-state index contributed by atoms with van der Waals surface area (Å²) in [5.74, 6) is 4.75. The van der Waals surface area contributed by atoms with Crippen LogP contribution in [0.4, 0.5) is 0 Å². The molecule has 2 aromatic heterocycles. The molecule has 0 unspecified atom stereocenters. The molecule has 0 aliphatic heterocycles. The van der Waals surface area contributed by atoms with E-state index in [4.69, 9.17) is 5.84 Å². The number of benzene rings is 1. The molecule has 8 nitrogen and oxygen atoms in total. The SMILES string of the molecule is NNC(=O)c1ccccc1Cn1nc2cnccn2c1=O. The van der Waals surface area contributed by atoms with Crippen molar-refractivity contribution in [1.82, 2.24) is 24.6 Å². The minimum absolute atomic E-state index is 0.171. The number of hydrogen-bond acceptors (Lipinski definition) is 5. The quantitative estimate of drug-likeness (QED) is 0.384. The Kier molecular flexibility index (Phi) is 3.20. The number of aromatic nitrogens is 4. The number of nitrogens with one attached hydrogen (secondary N) is 1. The number of fused-ring (bicyclic) bond motifs is 1. The second-order valence-corrected chi connectivity index (χ2v) is 4.38. The number of nitrogens with two attached hydrogens (primary N) is 1. The van der Waals surface area contributed by atoms with Crippen LogP contribution in [0.1, 0.15) is 15.9 Å². The van der Waals surface area contributed by atoms with Crippen LogP contribution in [0.2, 0.25) is 0 Å². The monoisotopic (exact) mass is 284 g/mol. The zero-order valence-electron chi connectivity index (χ0n) is 10.9. The van der Waals surface area contributed by atoms with Gasteiger partial charge in [-0.2, -0.15) is 0 Å². The van der Waals surface area contributed by atoms with Gasteiger partial charge < -0.3 is 0 Å². The van der Waals surface area contributed by atoms with E-state index in [0.717, 1.165) is 0 Å². The fourth-order valence-corrected chi connectivity index (χ4v) is 2.10. The van der Waals surface area contributed by atoms with Crippen molar-refractivity contribution in [2.24, 2.45) is 5.84 Å². The lowest BCUT2D eigenvalue weighted by Gasteiger charge is -2.07. The Labute approximate surface area is 118 Å². The third-order valence-electron chi connectivity index (χ3n) is 3.10. The van der Waals surface area contributed by atoms with Crippen molar-refractivity contribution in [3.8, 4) is 0 Å². The maximum Gasteiger partial charge on any atom is 0.350 e. The Hall–Kier alpha value is -3.00. The number of nitrogens with zero attached hydrogens (tertiary/aromatic N) is 4. The van der Waals surface area contributed by atoms with E-state index in [1.165, 1.54) is 21.5 Å². The number of carbonyl (C=O) groups excluding carboxylic acids is 1. The van der Waals surface area contributed by atoms with Crippen LogP contribution in [0, 0.1) is 0 Å². The number of carbonyl (C=O) groups is 1. The van der Waals surface area contributed by atoms with Gasteiger partial charge in [0.25, 0.3) is 5.91 Å². The topological polar surface area (TPSA) is 107 Å². The van der Waals surface area contributed by atoms with E-state index < -0.39 is 5.91 Å². The van der Waals surface area contributed by atoms with Crippen LogP contribution < -0.4 is 17.0 Å². The van der Waals surface area contributed by atoms with Crippen LogP contribution in [-0.4, -0.2) is 25.1 Å². The summed E-state index contributed by atoms with van der Waals surface area (Å²) >= 11 is 0. The van der Waals surface area contributed by atoms with Crippen LogP contribution in [0.25, 0.3) is 5.65 Å². The fraction of sp³-hybridized carbons (Fsp3) is 0.0769. The highest BCUT2D eigenvalue weighted by atomic mass is 16.2. The highest BCUT2D eigenvalue weighted by Crippen LogP contribution is 2.09. The Morgan fingerprint density at radius 3 is 2.90 bits per heavy atom. The predicted molar refractivity (Wildman–Crippen MR) is 74.4 cm³/mol. The maximum absolute atomic E-state index is 12.2. The van der Waals surface area contributed by atoms with E-state index in [0.29, 0.717) is 16.8 Å². The van der Waals surface area contributed by atoms with E-state index in [9.17, 15) is 9.59 Å². The Bertz CT molecular complexity index is 866. The number of hydrogen-bond donors (Lipinski definition) is 2. The first-order valence-electron chi connectivity index (χ1n) is 6.19. The molecule has 106 valence electrons. The lowest BCUT2D eigenvalue weighted by Crippen LogP contribution is -2.31. The normalized spacial score (nSPS) is 10.7. The van der Waals surface area contributed by atoms with Gasteiger partial charge in [0.2, 0.25) is 0 Å². The summed E-state index contributed by atoms with van der Waals surface area (Å²) in [7, 11) is 0. The fourth-order valence-electron chi connectivity index (χ4n) is 2.10. The maximum atomic E-state index is 12.2. The molecular formula is C13H12N6O2. The molecule has 8 heteroatoms. The van der Waals surface area contributed by atoms with Gasteiger partial charge in [0, 0.05) is 18.0 Å². The standard InChI is InChI=1S/C13H12N6O2/c14-16-12(20)10-4-2-1-3-9(10)8-19-13(21)18-6-5-15-7-11(18)17-19/h1-7H,8,14H2,(H,16,20). The first kappa shape index (κ1) is 13.0. The first-order valence-corrected chi connectivity index (χ1v) is 6.19. The van der Waals surface area contributed by atoms with Crippen molar-refractivity contribution in [1.29, 1.82) is 0 Å². The molecule has 0 bridgehead atoms. The molecular weight excluding hydrogens is 272 g/mol. The summed E-state index contributed by atoms with van der Waals surface area (Å²) in [6, 6.07) is 6.90. The van der Waals surface area contributed by atoms with Crippen molar-refractivity contribution in [2.45, 2.75) is 6.54 Å². The Balaban J connectivity index is 2.05. The van der Waals surface area contributed by atoms with Gasteiger partial charge in [-0.15, -0.1) is 5.10 Å². The molecule has 0 spiro atoms. The molecule has 0 fully saturated rings. The molecule has 0 atom stereocenters. The number of hydrazine groups is 1. The van der Waals surface area contributed by atoms with E-state index in [2.05, 4.69) is 15.5 Å². The molecule has 0 aliphatic rings. The number of amides is 1. The molecule has 1 aromatic carbocycles.